The van der Waals surface area contributed by atoms with Crippen molar-refractivity contribution in [3.63, 3.8) is 0 Å². The van der Waals surface area contributed by atoms with E-state index >= 15 is 0 Å². The average Bonchev–Trinajstić information content (AvgIpc) is 3.08. The third kappa shape index (κ3) is 5.63. The number of ether oxygens (including phenoxy) is 2. The first-order valence-electron chi connectivity index (χ1n) is 10.1. The number of halogens is 3. The second kappa shape index (κ2) is 10.6. The van der Waals surface area contributed by atoms with Crippen molar-refractivity contribution in [1.29, 1.82) is 0 Å². The fourth-order valence-corrected chi connectivity index (χ4v) is 4.57. The van der Waals surface area contributed by atoms with Crippen molar-refractivity contribution in [3.05, 3.63) is 97.6 Å². The van der Waals surface area contributed by atoms with Crippen LogP contribution < -0.4 is 9.47 Å². The van der Waals surface area contributed by atoms with Gasteiger partial charge in [-0.15, -0.1) is 0 Å². The maximum absolute atomic E-state index is 13.3. The first-order valence-corrected chi connectivity index (χ1v) is 12.1. The zero-order chi connectivity index (χ0) is 24.2. The van der Waals surface area contributed by atoms with Crippen LogP contribution in [0.5, 0.6) is 11.5 Å². The molecule has 0 saturated carbocycles. The average molecular weight is 563 g/mol. The summed E-state index contributed by atoms with van der Waals surface area (Å²) < 4.78 is 25.6. The van der Waals surface area contributed by atoms with Gasteiger partial charge in [-0.1, -0.05) is 51.8 Å². The van der Waals surface area contributed by atoms with Crippen molar-refractivity contribution < 1.29 is 23.5 Å². The first kappa shape index (κ1) is 24.3. The number of thioether (sulfide) groups is 1. The second-order valence-electron chi connectivity index (χ2n) is 7.33. The maximum Gasteiger partial charge on any atom is 0.293 e. The molecule has 0 unspecified atom stereocenters. The lowest BCUT2D eigenvalue weighted by Crippen LogP contribution is -2.27. The van der Waals surface area contributed by atoms with Gasteiger partial charge in [0.1, 0.15) is 12.4 Å². The largest absolute Gasteiger partial charge is 0.493 e. The van der Waals surface area contributed by atoms with Crippen LogP contribution in [0.1, 0.15) is 16.7 Å². The number of carbonyl (C=O) groups excluding carboxylic acids is 2. The number of rotatable bonds is 7. The maximum atomic E-state index is 13.3. The lowest BCUT2D eigenvalue weighted by molar-refractivity contribution is -0.123. The van der Waals surface area contributed by atoms with E-state index in [0.29, 0.717) is 29.2 Å². The molecule has 34 heavy (non-hydrogen) atoms. The minimum Gasteiger partial charge on any atom is -0.493 e. The summed E-state index contributed by atoms with van der Waals surface area (Å²) >= 11 is 10.3. The molecule has 1 saturated heterocycles. The molecule has 9 heteroatoms. The molecule has 2 amide bonds. The van der Waals surface area contributed by atoms with Crippen molar-refractivity contribution >= 4 is 56.5 Å². The highest BCUT2D eigenvalue weighted by atomic mass is 79.9. The van der Waals surface area contributed by atoms with E-state index in [0.717, 1.165) is 32.8 Å². The number of hydrogen-bond donors (Lipinski definition) is 0. The van der Waals surface area contributed by atoms with Crippen molar-refractivity contribution in [2.24, 2.45) is 0 Å². The van der Waals surface area contributed by atoms with Crippen LogP contribution in [0.2, 0.25) is 5.02 Å². The van der Waals surface area contributed by atoms with E-state index in [4.69, 9.17) is 21.1 Å². The van der Waals surface area contributed by atoms with Gasteiger partial charge in [0.15, 0.2) is 11.5 Å². The Morgan fingerprint density at radius 1 is 1.06 bits per heavy atom. The summed E-state index contributed by atoms with van der Waals surface area (Å²) in [6.07, 6.45) is 1.62. The van der Waals surface area contributed by atoms with Gasteiger partial charge in [0.05, 0.1) is 18.6 Å². The third-order valence-electron chi connectivity index (χ3n) is 5.01. The van der Waals surface area contributed by atoms with Gasteiger partial charge in [0.25, 0.3) is 11.1 Å². The molecule has 0 aliphatic carbocycles. The zero-order valence-electron chi connectivity index (χ0n) is 17.9. The van der Waals surface area contributed by atoms with Crippen LogP contribution in [0.15, 0.2) is 70.0 Å². The number of hydrogen-bond acceptors (Lipinski definition) is 5. The Morgan fingerprint density at radius 3 is 2.53 bits per heavy atom. The van der Waals surface area contributed by atoms with Gasteiger partial charge in [-0.3, -0.25) is 14.5 Å². The molecule has 174 valence electrons. The molecule has 0 spiro atoms. The molecule has 1 aliphatic rings. The SMILES string of the molecule is COc1cc(/C=C2\SC(=O)N(Cc3ccc(F)cc3Cl)C2=O)ccc1OCc1ccc(Br)cc1. The number of carbonyl (C=O) groups is 2. The van der Waals surface area contributed by atoms with Crippen LogP contribution in [0.4, 0.5) is 9.18 Å². The standard InChI is InChI=1S/C25H18BrClFNO4S/c1-32-22-10-16(4-9-21(22)33-14-15-2-6-18(26)7-3-15)11-23-24(30)29(25(31)34-23)13-17-5-8-19(28)12-20(17)27/h2-12H,13-14H2,1H3/b23-11-. The number of benzene rings is 3. The molecule has 4 rings (SSSR count). The van der Waals surface area contributed by atoms with Gasteiger partial charge in [0.2, 0.25) is 0 Å². The molecule has 3 aromatic carbocycles. The molecule has 1 heterocycles. The number of methoxy groups -OCH3 is 1. The van der Waals surface area contributed by atoms with Crippen LogP contribution in [0.3, 0.4) is 0 Å². The van der Waals surface area contributed by atoms with Crippen molar-refractivity contribution in [1.82, 2.24) is 4.90 Å². The van der Waals surface area contributed by atoms with Gasteiger partial charge < -0.3 is 9.47 Å². The van der Waals surface area contributed by atoms with E-state index in [1.165, 1.54) is 19.2 Å². The zero-order valence-corrected chi connectivity index (χ0v) is 21.0. The quantitative estimate of drug-likeness (QED) is 0.288. The van der Waals surface area contributed by atoms with E-state index in [9.17, 15) is 14.0 Å². The Labute approximate surface area is 213 Å². The van der Waals surface area contributed by atoms with Gasteiger partial charge >= 0.3 is 0 Å². The Kier molecular flexibility index (Phi) is 7.60. The molecule has 0 radical (unpaired) electrons. The minimum atomic E-state index is -0.485. The third-order valence-corrected chi connectivity index (χ3v) is 6.80. The fourth-order valence-electron chi connectivity index (χ4n) is 3.24. The molecular formula is C25H18BrClFNO4S. The minimum absolute atomic E-state index is 0.0344. The van der Waals surface area contributed by atoms with Crippen LogP contribution in [0, 0.1) is 5.82 Å². The van der Waals surface area contributed by atoms with E-state index in [1.54, 1.807) is 24.3 Å². The normalized spacial score (nSPS) is 14.7. The van der Waals surface area contributed by atoms with Gasteiger partial charge in [0, 0.05) is 9.50 Å². The predicted molar refractivity (Wildman–Crippen MR) is 134 cm³/mol. The number of imide groups is 1. The Bertz CT molecular complexity index is 1280. The molecule has 5 nitrogen and oxygen atoms in total. The number of nitrogens with zero attached hydrogens (tertiary/aromatic N) is 1. The molecule has 3 aromatic rings. The highest BCUT2D eigenvalue weighted by molar-refractivity contribution is 9.10. The smallest absolute Gasteiger partial charge is 0.293 e. The van der Waals surface area contributed by atoms with Crippen LogP contribution in [0.25, 0.3) is 6.08 Å². The molecule has 0 aromatic heterocycles. The summed E-state index contributed by atoms with van der Waals surface area (Å²) in [4.78, 5) is 26.7. The lowest BCUT2D eigenvalue weighted by Gasteiger charge is -2.13. The monoisotopic (exact) mass is 561 g/mol. The lowest BCUT2D eigenvalue weighted by atomic mass is 10.1. The molecule has 0 bridgehead atoms. The topological polar surface area (TPSA) is 55.8 Å². The van der Waals surface area contributed by atoms with Crippen molar-refractivity contribution in [2.45, 2.75) is 13.2 Å². The van der Waals surface area contributed by atoms with Crippen molar-refractivity contribution in [2.75, 3.05) is 7.11 Å². The fraction of sp³-hybridized carbons (Fsp3) is 0.120. The second-order valence-corrected chi connectivity index (χ2v) is 9.65. The summed E-state index contributed by atoms with van der Waals surface area (Å²) in [7, 11) is 1.53. The van der Waals surface area contributed by atoms with Crippen LogP contribution in [-0.2, 0) is 17.9 Å². The predicted octanol–water partition coefficient (Wildman–Crippen LogP) is 7.07. The Morgan fingerprint density at radius 2 is 1.82 bits per heavy atom. The molecule has 0 atom stereocenters. The summed E-state index contributed by atoms with van der Waals surface area (Å²) in [5.74, 6) is 0.135. The Balaban J connectivity index is 1.48. The first-order chi connectivity index (χ1) is 16.3. The number of amides is 2. The van der Waals surface area contributed by atoms with Gasteiger partial charge in [-0.2, -0.15) is 0 Å². The van der Waals surface area contributed by atoms with E-state index in [1.807, 2.05) is 24.3 Å². The van der Waals surface area contributed by atoms with Crippen LogP contribution in [-0.4, -0.2) is 23.2 Å². The van der Waals surface area contributed by atoms with Crippen LogP contribution >= 0.6 is 39.3 Å². The van der Waals surface area contributed by atoms with E-state index in [-0.39, 0.29) is 16.5 Å². The van der Waals surface area contributed by atoms with E-state index < -0.39 is 17.0 Å². The molecule has 0 N–H and O–H groups in total. The highest BCUT2D eigenvalue weighted by Crippen LogP contribution is 2.36. The molecule has 1 fully saturated rings. The molecular weight excluding hydrogens is 545 g/mol. The van der Waals surface area contributed by atoms with Gasteiger partial charge in [-0.05, 0) is 70.9 Å². The summed E-state index contributed by atoms with van der Waals surface area (Å²) in [6, 6.07) is 16.9. The summed E-state index contributed by atoms with van der Waals surface area (Å²) in [6.45, 7) is 0.334. The van der Waals surface area contributed by atoms with Crippen molar-refractivity contribution in [3.8, 4) is 11.5 Å². The Hall–Kier alpha value is -2.81. The molecule has 1 aliphatic heterocycles. The van der Waals surface area contributed by atoms with E-state index in [2.05, 4.69) is 15.9 Å². The van der Waals surface area contributed by atoms with Gasteiger partial charge in [-0.25, -0.2) is 4.39 Å². The summed E-state index contributed by atoms with van der Waals surface area (Å²) in [5, 5.41) is -0.260. The highest BCUT2D eigenvalue weighted by Gasteiger charge is 2.35. The summed E-state index contributed by atoms with van der Waals surface area (Å²) in [5.41, 5.74) is 2.17.